The van der Waals surface area contributed by atoms with E-state index in [0.29, 0.717) is 40.8 Å². The molecule has 134 valence electrons. The predicted octanol–water partition coefficient (Wildman–Crippen LogP) is 3.43. The second-order valence-corrected chi connectivity index (χ2v) is 5.83. The van der Waals surface area contributed by atoms with Crippen LogP contribution >= 0.6 is 0 Å². The standard InChI is InChI=1S/C20H21N3O3/c1-13-16(11-14-7-5-4-6-8-14)19(24)23-20(21-13)22-17-12-15(25-2)9-10-18(17)26-3/h4-10,12H,11H2,1-3H3,(H2,21,22,23,24). The highest BCUT2D eigenvalue weighted by Gasteiger charge is 2.11. The van der Waals surface area contributed by atoms with Crippen LogP contribution in [-0.4, -0.2) is 24.2 Å². The van der Waals surface area contributed by atoms with Gasteiger partial charge < -0.3 is 14.8 Å². The van der Waals surface area contributed by atoms with Gasteiger partial charge in [-0.25, -0.2) is 4.98 Å². The number of aromatic nitrogens is 2. The topological polar surface area (TPSA) is 76.2 Å². The van der Waals surface area contributed by atoms with Gasteiger partial charge in [-0.1, -0.05) is 30.3 Å². The molecule has 3 rings (SSSR count). The molecule has 1 aromatic heterocycles. The van der Waals surface area contributed by atoms with Crippen LogP contribution < -0.4 is 20.3 Å². The molecule has 2 aromatic carbocycles. The summed E-state index contributed by atoms with van der Waals surface area (Å²) in [6.45, 7) is 1.83. The van der Waals surface area contributed by atoms with E-state index in [-0.39, 0.29) is 5.56 Å². The molecular formula is C20H21N3O3. The number of rotatable bonds is 6. The second kappa shape index (κ2) is 7.74. The largest absolute Gasteiger partial charge is 0.497 e. The zero-order valence-electron chi connectivity index (χ0n) is 15.0. The maximum Gasteiger partial charge on any atom is 0.256 e. The van der Waals surface area contributed by atoms with E-state index in [1.807, 2.05) is 37.3 Å². The number of aromatic amines is 1. The number of aryl methyl sites for hydroxylation is 1. The molecule has 0 aliphatic carbocycles. The van der Waals surface area contributed by atoms with Gasteiger partial charge in [0.25, 0.3) is 5.56 Å². The lowest BCUT2D eigenvalue weighted by Gasteiger charge is -2.13. The molecule has 0 radical (unpaired) electrons. The number of benzene rings is 2. The molecule has 1 heterocycles. The monoisotopic (exact) mass is 351 g/mol. The minimum atomic E-state index is -0.161. The Bertz CT molecular complexity index is 952. The molecule has 0 aliphatic heterocycles. The summed E-state index contributed by atoms with van der Waals surface area (Å²) in [7, 11) is 3.17. The van der Waals surface area contributed by atoms with Gasteiger partial charge in [0.05, 0.1) is 25.6 Å². The second-order valence-electron chi connectivity index (χ2n) is 5.83. The van der Waals surface area contributed by atoms with Crippen molar-refractivity contribution < 1.29 is 9.47 Å². The molecule has 6 heteroatoms. The Morgan fingerprint density at radius 2 is 1.85 bits per heavy atom. The molecule has 0 aliphatic rings. The van der Waals surface area contributed by atoms with Gasteiger partial charge in [-0.05, 0) is 24.6 Å². The minimum absolute atomic E-state index is 0.161. The Labute approximate surface area is 151 Å². The van der Waals surface area contributed by atoms with E-state index in [1.165, 1.54) is 0 Å². The zero-order chi connectivity index (χ0) is 18.5. The predicted molar refractivity (Wildman–Crippen MR) is 102 cm³/mol. The summed E-state index contributed by atoms with van der Waals surface area (Å²) in [6, 6.07) is 15.2. The number of hydrogen-bond donors (Lipinski definition) is 2. The SMILES string of the molecule is COc1ccc(OC)c(Nc2nc(C)c(Cc3ccccc3)c(=O)[nH]2)c1. The number of methoxy groups -OCH3 is 2. The van der Waals surface area contributed by atoms with Crippen LogP contribution in [0.2, 0.25) is 0 Å². The van der Waals surface area contributed by atoms with Gasteiger partial charge in [-0.15, -0.1) is 0 Å². The van der Waals surface area contributed by atoms with E-state index in [4.69, 9.17) is 9.47 Å². The lowest BCUT2D eigenvalue weighted by molar-refractivity contribution is 0.405. The van der Waals surface area contributed by atoms with E-state index >= 15 is 0 Å². The molecule has 0 amide bonds. The number of ether oxygens (including phenoxy) is 2. The third-order valence-corrected chi connectivity index (χ3v) is 4.11. The van der Waals surface area contributed by atoms with Crippen molar-refractivity contribution in [3.8, 4) is 11.5 Å². The average Bonchev–Trinajstić information content (AvgIpc) is 2.65. The Balaban J connectivity index is 1.90. The van der Waals surface area contributed by atoms with Gasteiger partial charge in [0.1, 0.15) is 11.5 Å². The Morgan fingerprint density at radius 3 is 2.50 bits per heavy atom. The van der Waals surface area contributed by atoms with E-state index in [0.717, 1.165) is 5.56 Å². The van der Waals surface area contributed by atoms with Crippen molar-refractivity contribution in [1.29, 1.82) is 0 Å². The Hall–Kier alpha value is -3.28. The van der Waals surface area contributed by atoms with Gasteiger partial charge in [-0.3, -0.25) is 9.78 Å². The molecule has 0 fully saturated rings. The maximum atomic E-state index is 12.5. The van der Waals surface area contributed by atoms with E-state index in [1.54, 1.807) is 32.4 Å². The van der Waals surface area contributed by atoms with Crippen LogP contribution in [0.5, 0.6) is 11.5 Å². The Kier molecular flexibility index (Phi) is 5.22. The van der Waals surface area contributed by atoms with Gasteiger partial charge in [0.2, 0.25) is 5.95 Å². The molecule has 26 heavy (non-hydrogen) atoms. The molecule has 2 N–H and O–H groups in total. The van der Waals surface area contributed by atoms with Crippen LogP contribution in [0, 0.1) is 6.92 Å². The number of nitrogens with zero attached hydrogens (tertiary/aromatic N) is 1. The third-order valence-electron chi connectivity index (χ3n) is 4.11. The summed E-state index contributed by atoms with van der Waals surface area (Å²) in [5.41, 5.74) is 2.90. The molecule has 0 saturated heterocycles. The normalized spacial score (nSPS) is 10.4. The first-order valence-corrected chi connectivity index (χ1v) is 8.23. The summed E-state index contributed by atoms with van der Waals surface area (Å²) in [5.74, 6) is 1.66. The molecule has 0 atom stereocenters. The lowest BCUT2D eigenvalue weighted by atomic mass is 10.1. The van der Waals surface area contributed by atoms with Crippen molar-refractivity contribution >= 4 is 11.6 Å². The number of hydrogen-bond acceptors (Lipinski definition) is 5. The van der Waals surface area contributed by atoms with Crippen LogP contribution in [0.25, 0.3) is 0 Å². The third kappa shape index (κ3) is 3.85. The average molecular weight is 351 g/mol. The molecule has 0 bridgehead atoms. The summed E-state index contributed by atoms with van der Waals surface area (Å²) < 4.78 is 10.6. The summed E-state index contributed by atoms with van der Waals surface area (Å²) in [4.78, 5) is 19.8. The van der Waals surface area contributed by atoms with Crippen molar-refractivity contribution in [2.24, 2.45) is 0 Å². The highest BCUT2D eigenvalue weighted by Crippen LogP contribution is 2.30. The van der Waals surface area contributed by atoms with Gasteiger partial charge in [-0.2, -0.15) is 0 Å². The molecule has 3 aromatic rings. The van der Waals surface area contributed by atoms with Crippen molar-refractivity contribution in [3.05, 3.63) is 75.7 Å². The van der Waals surface area contributed by atoms with Gasteiger partial charge >= 0.3 is 0 Å². The fraction of sp³-hybridized carbons (Fsp3) is 0.200. The molecular weight excluding hydrogens is 330 g/mol. The van der Waals surface area contributed by atoms with Crippen LogP contribution in [-0.2, 0) is 6.42 Å². The molecule has 0 spiro atoms. The lowest BCUT2D eigenvalue weighted by Crippen LogP contribution is -2.18. The minimum Gasteiger partial charge on any atom is -0.497 e. The smallest absolute Gasteiger partial charge is 0.256 e. The van der Waals surface area contributed by atoms with E-state index in [9.17, 15) is 4.79 Å². The molecule has 0 unspecified atom stereocenters. The van der Waals surface area contributed by atoms with Crippen LogP contribution in [0.15, 0.2) is 53.3 Å². The fourth-order valence-electron chi connectivity index (χ4n) is 2.72. The first-order chi connectivity index (χ1) is 12.6. The van der Waals surface area contributed by atoms with Crippen molar-refractivity contribution in [3.63, 3.8) is 0 Å². The Morgan fingerprint density at radius 1 is 1.08 bits per heavy atom. The number of H-pyrrole nitrogens is 1. The highest BCUT2D eigenvalue weighted by molar-refractivity contribution is 5.65. The first-order valence-electron chi connectivity index (χ1n) is 8.23. The van der Waals surface area contributed by atoms with Crippen molar-refractivity contribution in [2.75, 3.05) is 19.5 Å². The van der Waals surface area contributed by atoms with E-state index < -0.39 is 0 Å². The van der Waals surface area contributed by atoms with E-state index in [2.05, 4.69) is 15.3 Å². The van der Waals surface area contributed by atoms with Crippen molar-refractivity contribution in [1.82, 2.24) is 9.97 Å². The van der Waals surface area contributed by atoms with Crippen LogP contribution in [0.4, 0.5) is 11.6 Å². The van der Waals surface area contributed by atoms with Crippen LogP contribution in [0.1, 0.15) is 16.8 Å². The zero-order valence-corrected chi connectivity index (χ0v) is 15.0. The summed E-state index contributed by atoms with van der Waals surface area (Å²) in [5, 5.41) is 3.10. The summed E-state index contributed by atoms with van der Waals surface area (Å²) >= 11 is 0. The first kappa shape index (κ1) is 17.5. The molecule has 0 saturated carbocycles. The highest BCUT2D eigenvalue weighted by atomic mass is 16.5. The van der Waals surface area contributed by atoms with Crippen LogP contribution in [0.3, 0.4) is 0 Å². The van der Waals surface area contributed by atoms with Gasteiger partial charge in [0, 0.05) is 18.1 Å². The number of nitrogens with one attached hydrogen (secondary N) is 2. The number of anilines is 2. The quantitative estimate of drug-likeness (QED) is 0.711. The summed E-state index contributed by atoms with van der Waals surface area (Å²) in [6.07, 6.45) is 0.539. The fourth-order valence-corrected chi connectivity index (χ4v) is 2.72. The van der Waals surface area contributed by atoms with Crippen molar-refractivity contribution in [2.45, 2.75) is 13.3 Å². The maximum absolute atomic E-state index is 12.5. The van der Waals surface area contributed by atoms with Gasteiger partial charge in [0.15, 0.2) is 0 Å². The molecule has 6 nitrogen and oxygen atoms in total.